The number of rotatable bonds is 4. The summed E-state index contributed by atoms with van der Waals surface area (Å²) >= 11 is 7.05. The molecule has 3 atom stereocenters. The van der Waals surface area contributed by atoms with Crippen molar-refractivity contribution in [2.45, 2.75) is 44.8 Å². The molecule has 0 heterocycles. The van der Waals surface area contributed by atoms with Crippen LogP contribution >= 0.6 is 31.9 Å². The first-order chi connectivity index (χ1) is 8.70. The third kappa shape index (κ3) is 3.82. The van der Waals surface area contributed by atoms with Gasteiger partial charge in [-0.05, 0) is 36.5 Å². The summed E-state index contributed by atoms with van der Waals surface area (Å²) < 4.78 is 7.43. The zero-order chi connectivity index (χ0) is 13.0. The van der Waals surface area contributed by atoms with Crippen LogP contribution in [0.2, 0.25) is 0 Å². The average molecular weight is 376 g/mol. The van der Waals surface area contributed by atoms with Crippen LogP contribution < -0.4 is 0 Å². The Morgan fingerprint density at radius 3 is 2.50 bits per heavy atom. The Hall–Kier alpha value is 0.140. The van der Waals surface area contributed by atoms with Gasteiger partial charge >= 0.3 is 0 Å². The van der Waals surface area contributed by atoms with Gasteiger partial charge in [-0.15, -0.1) is 0 Å². The van der Waals surface area contributed by atoms with Gasteiger partial charge in [-0.1, -0.05) is 63.8 Å². The Labute approximate surface area is 127 Å². The topological polar surface area (TPSA) is 9.23 Å². The fraction of sp³-hybridized carbons (Fsp3) is 0.600. The third-order valence-corrected chi connectivity index (χ3v) is 4.87. The maximum Gasteiger partial charge on any atom is 0.0925 e. The van der Waals surface area contributed by atoms with Crippen LogP contribution in [0.1, 0.15) is 44.3 Å². The van der Waals surface area contributed by atoms with Gasteiger partial charge in [0.15, 0.2) is 0 Å². The summed E-state index contributed by atoms with van der Waals surface area (Å²) in [6.07, 6.45) is 5.78. The number of hydrogen-bond donors (Lipinski definition) is 0. The highest BCUT2D eigenvalue weighted by Crippen LogP contribution is 2.32. The van der Waals surface area contributed by atoms with Gasteiger partial charge in [-0.2, -0.15) is 0 Å². The maximum atomic E-state index is 6.32. The van der Waals surface area contributed by atoms with Crippen molar-refractivity contribution in [1.29, 1.82) is 0 Å². The van der Waals surface area contributed by atoms with Gasteiger partial charge in [0.25, 0.3) is 0 Å². The molecule has 2 rings (SSSR count). The van der Waals surface area contributed by atoms with Crippen molar-refractivity contribution in [3.8, 4) is 0 Å². The molecule has 0 saturated heterocycles. The number of benzene rings is 1. The molecule has 18 heavy (non-hydrogen) atoms. The molecule has 0 amide bonds. The Bertz CT molecular complexity index is 363. The minimum Gasteiger partial charge on any atom is -0.369 e. The Morgan fingerprint density at radius 1 is 1.22 bits per heavy atom. The molecule has 0 aromatic heterocycles. The molecule has 1 aromatic rings. The highest BCUT2D eigenvalue weighted by Gasteiger charge is 2.25. The Morgan fingerprint density at radius 2 is 1.89 bits per heavy atom. The van der Waals surface area contributed by atoms with Gasteiger partial charge < -0.3 is 4.74 Å². The van der Waals surface area contributed by atoms with Gasteiger partial charge in [0.1, 0.15) is 0 Å². The molecule has 1 nitrogen and oxygen atoms in total. The van der Waals surface area contributed by atoms with Gasteiger partial charge in [0.05, 0.1) is 12.2 Å². The van der Waals surface area contributed by atoms with Gasteiger partial charge in [0, 0.05) is 9.80 Å². The summed E-state index contributed by atoms with van der Waals surface area (Å²) in [6.45, 7) is 2.32. The number of hydrogen-bond acceptors (Lipinski definition) is 1. The number of halogens is 2. The summed E-state index contributed by atoms with van der Waals surface area (Å²) in [5.74, 6) is 0.691. The second-order valence-electron chi connectivity index (χ2n) is 5.13. The summed E-state index contributed by atoms with van der Waals surface area (Å²) in [7, 11) is 0. The van der Waals surface area contributed by atoms with E-state index in [1.54, 1.807) is 0 Å². The second kappa shape index (κ2) is 7.06. The molecule has 1 fully saturated rings. The fourth-order valence-corrected chi connectivity index (χ4v) is 3.37. The van der Waals surface area contributed by atoms with Crippen molar-refractivity contribution >= 4 is 31.9 Å². The molecule has 0 radical (unpaired) electrons. The minimum atomic E-state index is 0.170. The quantitative estimate of drug-likeness (QED) is 0.633. The zero-order valence-corrected chi connectivity index (χ0v) is 13.9. The molecule has 3 heteroatoms. The zero-order valence-electron chi connectivity index (χ0n) is 10.7. The molecule has 1 aliphatic carbocycles. The average Bonchev–Trinajstić information content (AvgIpc) is 2.39. The van der Waals surface area contributed by atoms with E-state index in [-0.39, 0.29) is 6.10 Å². The predicted octanol–water partition coefficient (Wildman–Crippen LogP) is 5.48. The van der Waals surface area contributed by atoms with E-state index < -0.39 is 0 Å². The van der Waals surface area contributed by atoms with Gasteiger partial charge in [-0.3, -0.25) is 0 Å². The summed E-state index contributed by atoms with van der Waals surface area (Å²) in [5, 5.41) is 0.859. The van der Waals surface area contributed by atoms with E-state index in [2.05, 4.69) is 63.0 Å². The van der Waals surface area contributed by atoms with Crippen LogP contribution in [0.4, 0.5) is 0 Å². The lowest BCUT2D eigenvalue weighted by Gasteiger charge is -2.32. The molecule has 1 saturated carbocycles. The van der Waals surface area contributed by atoms with Crippen molar-refractivity contribution in [2.75, 3.05) is 5.33 Å². The lowest BCUT2D eigenvalue weighted by Crippen LogP contribution is -2.27. The maximum absolute atomic E-state index is 6.32. The number of ether oxygens (including phenoxy) is 1. The molecule has 1 aromatic carbocycles. The molecule has 1 aliphatic rings. The van der Waals surface area contributed by atoms with Crippen molar-refractivity contribution in [1.82, 2.24) is 0 Å². The number of alkyl halides is 1. The van der Waals surface area contributed by atoms with E-state index in [1.807, 2.05) is 0 Å². The standard InChI is InChI=1S/C15H20Br2O/c1-11-4-2-3-5-14(11)18-15(10-16)12-6-8-13(17)9-7-12/h6-9,11,14-15H,2-5,10H2,1H3. The van der Waals surface area contributed by atoms with Crippen molar-refractivity contribution in [3.05, 3.63) is 34.3 Å². The lowest BCUT2D eigenvalue weighted by atomic mass is 9.88. The van der Waals surface area contributed by atoms with E-state index in [4.69, 9.17) is 4.74 Å². The predicted molar refractivity (Wildman–Crippen MR) is 83.2 cm³/mol. The summed E-state index contributed by atoms with van der Waals surface area (Å²) in [5.41, 5.74) is 1.26. The molecule has 100 valence electrons. The summed E-state index contributed by atoms with van der Waals surface area (Å²) in [6, 6.07) is 8.45. The van der Waals surface area contributed by atoms with E-state index in [9.17, 15) is 0 Å². The fourth-order valence-electron chi connectivity index (χ4n) is 2.58. The summed E-state index contributed by atoms with van der Waals surface area (Å²) in [4.78, 5) is 0. The molecular formula is C15H20Br2O. The van der Waals surface area contributed by atoms with Crippen molar-refractivity contribution in [2.24, 2.45) is 5.92 Å². The van der Waals surface area contributed by atoms with Crippen LogP contribution in [-0.2, 0) is 4.74 Å². The first kappa shape index (κ1) is 14.5. The highest BCUT2D eigenvalue weighted by molar-refractivity contribution is 9.10. The van der Waals surface area contributed by atoms with E-state index in [0.29, 0.717) is 12.0 Å². The Balaban J connectivity index is 2.02. The highest BCUT2D eigenvalue weighted by atomic mass is 79.9. The van der Waals surface area contributed by atoms with Crippen LogP contribution in [0.15, 0.2) is 28.7 Å². The van der Waals surface area contributed by atoms with Crippen LogP contribution in [0.25, 0.3) is 0 Å². The molecule has 0 spiro atoms. The SMILES string of the molecule is CC1CCCCC1OC(CBr)c1ccc(Br)cc1. The molecular weight excluding hydrogens is 356 g/mol. The molecule has 0 aliphatic heterocycles. The monoisotopic (exact) mass is 374 g/mol. The third-order valence-electron chi connectivity index (χ3n) is 3.75. The largest absolute Gasteiger partial charge is 0.369 e. The Kier molecular flexibility index (Phi) is 5.71. The van der Waals surface area contributed by atoms with E-state index in [0.717, 1.165) is 9.80 Å². The first-order valence-electron chi connectivity index (χ1n) is 6.67. The van der Waals surface area contributed by atoms with Gasteiger partial charge in [0.2, 0.25) is 0 Å². The van der Waals surface area contributed by atoms with Crippen molar-refractivity contribution < 1.29 is 4.74 Å². The van der Waals surface area contributed by atoms with Gasteiger partial charge in [-0.25, -0.2) is 0 Å². The van der Waals surface area contributed by atoms with E-state index in [1.165, 1.54) is 31.2 Å². The molecule has 0 bridgehead atoms. The normalized spacial score (nSPS) is 25.9. The smallest absolute Gasteiger partial charge is 0.0925 e. The van der Waals surface area contributed by atoms with Crippen LogP contribution in [-0.4, -0.2) is 11.4 Å². The van der Waals surface area contributed by atoms with Crippen molar-refractivity contribution in [3.63, 3.8) is 0 Å². The van der Waals surface area contributed by atoms with Crippen LogP contribution in [0, 0.1) is 5.92 Å². The lowest BCUT2D eigenvalue weighted by molar-refractivity contribution is -0.0468. The van der Waals surface area contributed by atoms with Crippen LogP contribution in [0.5, 0.6) is 0 Å². The second-order valence-corrected chi connectivity index (χ2v) is 6.69. The minimum absolute atomic E-state index is 0.170. The first-order valence-corrected chi connectivity index (χ1v) is 8.59. The van der Waals surface area contributed by atoms with E-state index >= 15 is 0 Å². The van der Waals surface area contributed by atoms with Crippen LogP contribution in [0.3, 0.4) is 0 Å². The molecule has 0 N–H and O–H groups in total. The molecule has 3 unspecified atom stereocenters.